The fourth-order valence-electron chi connectivity index (χ4n) is 10.7. The van der Waals surface area contributed by atoms with Gasteiger partial charge in [0.25, 0.3) is 10.1 Å². The van der Waals surface area contributed by atoms with Crippen LogP contribution in [0.3, 0.4) is 0 Å². The molecule has 9 rings (SSSR count). The van der Waals surface area contributed by atoms with E-state index in [9.17, 15) is 8.42 Å². The Balaban J connectivity index is 0.000000171. The topological polar surface area (TPSA) is 65.6 Å². The summed E-state index contributed by atoms with van der Waals surface area (Å²) in [6.45, 7) is 13.6. The van der Waals surface area contributed by atoms with Gasteiger partial charge in [-0.3, -0.25) is 14.0 Å². The van der Waals surface area contributed by atoms with Crippen LogP contribution in [0.1, 0.15) is 35.1 Å². The monoisotopic (exact) mass is 854 g/mol. The SMILES string of the molecule is CS(=O)(=O)OCC12CN(CCc3ccccc3)CCC1CN(Cc1ccccc1)C2.c1ccc(CCN2CCC3CN(Cc4ccccc4)CC3(COc3ccccc3)C2)cc1. The maximum atomic E-state index is 11.8. The summed E-state index contributed by atoms with van der Waals surface area (Å²) >= 11 is 0. The van der Waals surface area contributed by atoms with Crippen molar-refractivity contribution >= 4 is 10.1 Å². The quantitative estimate of drug-likeness (QED) is 0.0923. The number of hydrogen-bond acceptors (Lipinski definition) is 8. The zero-order chi connectivity index (χ0) is 42.7. The number of hydrogen-bond donors (Lipinski definition) is 0. The highest BCUT2D eigenvalue weighted by atomic mass is 32.2. The average Bonchev–Trinajstić information content (AvgIpc) is 3.85. The van der Waals surface area contributed by atoms with Crippen LogP contribution in [0.25, 0.3) is 0 Å². The molecule has 5 aromatic carbocycles. The third kappa shape index (κ3) is 12.2. The van der Waals surface area contributed by atoms with Crippen molar-refractivity contribution in [1.82, 2.24) is 19.6 Å². The van der Waals surface area contributed by atoms with E-state index in [0.717, 1.165) is 103 Å². The molecule has 62 heavy (non-hydrogen) atoms. The van der Waals surface area contributed by atoms with Crippen LogP contribution in [0.2, 0.25) is 0 Å². The van der Waals surface area contributed by atoms with Gasteiger partial charge in [-0.05, 0) is 85.0 Å². The predicted molar refractivity (Wildman–Crippen MR) is 250 cm³/mol. The van der Waals surface area contributed by atoms with Gasteiger partial charge in [0.05, 0.1) is 19.5 Å². The minimum absolute atomic E-state index is 0.132. The van der Waals surface area contributed by atoms with E-state index < -0.39 is 10.1 Å². The Kier molecular flexibility index (Phi) is 14.9. The van der Waals surface area contributed by atoms with Crippen LogP contribution in [0, 0.1) is 22.7 Å². The van der Waals surface area contributed by atoms with E-state index in [2.05, 4.69) is 159 Å². The highest BCUT2D eigenvalue weighted by Gasteiger charge is 2.51. The fourth-order valence-corrected chi connectivity index (χ4v) is 11.2. The Bertz CT molecular complexity index is 2200. The number of benzene rings is 5. The van der Waals surface area contributed by atoms with Crippen molar-refractivity contribution in [2.45, 2.75) is 38.8 Å². The first-order valence-corrected chi connectivity index (χ1v) is 24.6. The second kappa shape index (κ2) is 20.9. The van der Waals surface area contributed by atoms with Crippen LogP contribution in [-0.4, -0.2) is 113 Å². The number of nitrogens with zero attached hydrogens (tertiary/aromatic N) is 4. The lowest BCUT2D eigenvalue weighted by Gasteiger charge is -2.44. The van der Waals surface area contributed by atoms with E-state index in [1.54, 1.807) is 0 Å². The van der Waals surface area contributed by atoms with Crippen LogP contribution < -0.4 is 4.74 Å². The summed E-state index contributed by atoms with van der Waals surface area (Å²) in [5.74, 6) is 2.15. The van der Waals surface area contributed by atoms with Crippen LogP contribution in [0.5, 0.6) is 5.75 Å². The van der Waals surface area contributed by atoms with Gasteiger partial charge in [-0.15, -0.1) is 0 Å². The first-order valence-electron chi connectivity index (χ1n) is 22.8. The maximum absolute atomic E-state index is 11.8. The molecular formula is C53H66N4O4S. The lowest BCUT2D eigenvalue weighted by molar-refractivity contribution is 0.0199. The lowest BCUT2D eigenvalue weighted by atomic mass is 9.74. The Morgan fingerprint density at radius 2 is 0.871 bits per heavy atom. The summed E-state index contributed by atoms with van der Waals surface area (Å²) in [6, 6.07) is 53.2. The zero-order valence-electron chi connectivity index (χ0n) is 36.6. The molecule has 4 heterocycles. The zero-order valence-corrected chi connectivity index (χ0v) is 37.5. The molecule has 4 atom stereocenters. The van der Waals surface area contributed by atoms with E-state index >= 15 is 0 Å². The molecule has 0 N–H and O–H groups in total. The second-order valence-corrected chi connectivity index (χ2v) is 20.2. The van der Waals surface area contributed by atoms with Gasteiger partial charge in [0.1, 0.15) is 5.75 Å². The number of rotatable bonds is 16. The molecule has 5 aromatic rings. The van der Waals surface area contributed by atoms with Gasteiger partial charge in [0.2, 0.25) is 0 Å². The minimum atomic E-state index is -3.45. The largest absolute Gasteiger partial charge is 0.493 e. The van der Waals surface area contributed by atoms with Crippen LogP contribution in [0.15, 0.2) is 152 Å². The van der Waals surface area contributed by atoms with Gasteiger partial charge in [0, 0.05) is 76.3 Å². The van der Waals surface area contributed by atoms with Crippen LogP contribution in [0.4, 0.5) is 0 Å². The summed E-state index contributed by atoms with van der Waals surface area (Å²) in [5, 5.41) is 0. The Morgan fingerprint density at radius 1 is 0.500 bits per heavy atom. The maximum Gasteiger partial charge on any atom is 0.264 e. The molecule has 0 radical (unpaired) electrons. The van der Waals surface area contributed by atoms with E-state index in [4.69, 9.17) is 8.92 Å². The van der Waals surface area contributed by atoms with Gasteiger partial charge in [-0.1, -0.05) is 140 Å². The molecular weight excluding hydrogens is 789 g/mol. The smallest absolute Gasteiger partial charge is 0.264 e. The molecule has 9 heteroatoms. The predicted octanol–water partition coefficient (Wildman–Crippen LogP) is 8.16. The molecule has 328 valence electrons. The number of piperidine rings is 2. The molecule has 0 spiro atoms. The van der Waals surface area contributed by atoms with Crippen molar-refractivity contribution in [3.05, 3.63) is 174 Å². The molecule has 0 aromatic heterocycles. The van der Waals surface area contributed by atoms with Crippen molar-refractivity contribution in [2.75, 3.05) is 84.9 Å². The highest BCUT2D eigenvalue weighted by Crippen LogP contribution is 2.44. The van der Waals surface area contributed by atoms with Crippen LogP contribution in [-0.2, 0) is 40.2 Å². The lowest BCUT2D eigenvalue weighted by Crippen LogP contribution is -2.52. The van der Waals surface area contributed by atoms with Crippen molar-refractivity contribution in [3.8, 4) is 5.75 Å². The second-order valence-electron chi connectivity index (χ2n) is 18.6. The third-order valence-electron chi connectivity index (χ3n) is 13.9. The van der Waals surface area contributed by atoms with E-state index in [-0.39, 0.29) is 17.4 Å². The third-order valence-corrected chi connectivity index (χ3v) is 14.4. The summed E-state index contributed by atoms with van der Waals surface area (Å²) < 4.78 is 35.4. The van der Waals surface area contributed by atoms with E-state index in [0.29, 0.717) is 11.8 Å². The molecule has 4 aliphatic heterocycles. The molecule has 0 amide bonds. The Hall–Kier alpha value is -4.35. The number of para-hydroxylation sites is 1. The van der Waals surface area contributed by atoms with Gasteiger partial charge in [0.15, 0.2) is 0 Å². The summed E-state index contributed by atoms with van der Waals surface area (Å²) in [7, 11) is -3.45. The van der Waals surface area contributed by atoms with Crippen molar-refractivity contribution in [2.24, 2.45) is 22.7 Å². The summed E-state index contributed by atoms with van der Waals surface area (Å²) in [6.07, 6.45) is 5.65. The molecule has 4 fully saturated rings. The van der Waals surface area contributed by atoms with Crippen LogP contribution >= 0.6 is 0 Å². The average molecular weight is 855 g/mol. The van der Waals surface area contributed by atoms with E-state index in [1.165, 1.54) is 41.8 Å². The number of ether oxygens (including phenoxy) is 1. The number of fused-ring (bicyclic) bond motifs is 2. The normalized spacial score (nSPS) is 24.5. The molecule has 4 aliphatic rings. The van der Waals surface area contributed by atoms with Crippen molar-refractivity contribution in [3.63, 3.8) is 0 Å². The van der Waals surface area contributed by atoms with Crippen molar-refractivity contribution in [1.29, 1.82) is 0 Å². The summed E-state index contributed by atoms with van der Waals surface area (Å²) in [5.41, 5.74) is 5.55. The van der Waals surface area contributed by atoms with Crippen molar-refractivity contribution < 1.29 is 17.3 Å². The van der Waals surface area contributed by atoms with Gasteiger partial charge >= 0.3 is 0 Å². The first kappa shape index (κ1) is 44.3. The van der Waals surface area contributed by atoms with Gasteiger partial charge in [-0.25, -0.2) is 0 Å². The molecule has 0 bridgehead atoms. The molecule has 0 aliphatic carbocycles. The highest BCUT2D eigenvalue weighted by molar-refractivity contribution is 7.85. The molecule has 0 saturated carbocycles. The first-order chi connectivity index (χ1) is 30.2. The Morgan fingerprint density at radius 3 is 1.29 bits per heavy atom. The van der Waals surface area contributed by atoms with Gasteiger partial charge in [-0.2, -0.15) is 8.42 Å². The minimum Gasteiger partial charge on any atom is -0.493 e. The molecule has 4 unspecified atom stereocenters. The molecule has 8 nitrogen and oxygen atoms in total. The van der Waals surface area contributed by atoms with Gasteiger partial charge < -0.3 is 14.5 Å². The standard InChI is InChI=1S/C29H34N2O.C24H32N2O3S/c1-4-10-25(11-5-1)16-18-30-19-17-27-21-31(20-26-12-6-2-7-13-26)23-29(27,22-30)24-32-28-14-8-3-9-15-28;1-30(27,28)29-20-24-18-25(14-12-21-8-4-2-5-9-21)15-13-23(24)17-26(19-24)16-22-10-6-3-7-11-22/h1-15,27H,16-24H2;2-11,23H,12-20H2,1H3. The van der Waals surface area contributed by atoms with E-state index in [1.807, 2.05) is 12.1 Å². The summed E-state index contributed by atoms with van der Waals surface area (Å²) in [4.78, 5) is 10.3. The Labute approximate surface area is 371 Å². The molecule has 4 saturated heterocycles. The number of likely N-dealkylation sites (tertiary alicyclic amines) is 4. The fraction of sp³-hybridized carbons (Fsp3) is 0.434.